The Hall–Kier alpha value is -0.290. The van der Waals surface area contributed by atoms with Gasteiger partial charge in [-0.2, -0.15) is 13.2 Å². The Morgan fingerprint density at radius 2 is 2.08 bits per heavy atom. The van der Waals surface area contributed by atoms with Crippen LogP contribution in [0.1, 0.15) is 12.8 Å². The summed E-state index contributed by atoms with van der Waals surface area (Å²) < 4.78 is 36.4. The number of alkyl halides is 3. The number of aliphatic hydroxyl groups is 1. The molecule has 72 valence electrons. The molecule has 1 aliphatic rings. The van der Waals surface area contributed by atoms with Crippen LogP contribution in [-0.4, -0.2) is 30.5 Å². The summed E-state index contributed by atoms with van der Waals surface area (Å²) in [6, 6.07) is -0.384. The molecule has 0 bridgehead atoms. The lowest BCUT2D eigenvalue weighted by Crippen LogP contribution is -2.44. The van der Waals surface area contributed by atoms with E-state index in [0.717, 1.165) is 0 Å². The zero-order chi connectivity index (χ0) is 9.19. The summed E-state index contributed by atoms with van der Waals surface area (Å²) in [5, 5.41) is 11.5. The molecule has 5 heteroatoms. The van der Waals surface area contributed by atoms with Crippen LogP contribution in [0.5, 0.6) is 0 Å². The molecule has 12 heavy (non-hydrogen) atoms. The maximum absolute atomic E-state index is 12.1. The number of aliphatic hydroxyl groups excluding tert-OH is 1. The van der Waals surface area contributed by atoms with Crippen LogP contribution in [-0.2, 0) is 0 Å². The molecule has 1 fully saturated rings. The van der Waals surface area contributed by atoms with E-state index in [1.807, 2.05) is 0 Å². The van der Waals surface area contributed by atoms with Gasteiger partial charge < -0.3 is 10.4 Å². The first-order valence-electron chi connectivity index (χ1n) is 3.95. The van der Waals surface area contributed by atoms with Gasteiger partial charge in [-0.1, -0.05) is 0 Å². The van der Waals surface area contributed by atoms with Gasteiger partial charge in [-0.3, -0.25) is 0 Å². The first kappa shape index (κ1) is 9.80. The van der Waals surface area contributed by atoms with Crippen molar-refractivity contribution < 1.29 is 18.3 Å². The summed E-state index contributed by atoms with van der Waals surface area (Å²) in [6.45, 7) is 0.127. The van der Waals surface area contributed by atoms with Crippen molar-refractivity contribution in [1.29, 1.82) is 0 Å². The van der Waals surface area contributed by atoms with Crippen LogP contribution < -0.4 is 5.32 Å². The molecule has 0 radical (unpaired) electrons. The van der Waals surface area contributed by atoms with E-state index in [4.69, 9.17) is 5.11 Å². The fraction of sp³-hybridized carbons (Fsp3) is 1.00. The van der Waals surface area contributed by atoms with E-state index in [1.54, 1.807) is 0 Å². The molecule has 0 aliphatic carbocycles. The highest BCUT2D eigenvalue weighted by Gasteiger charge is 2.41. The molecule has 2 N–H and O–H groups in total. The van der Waals surface area contributed by atoms with Crippen LogP contribution in [0.2, 0.25) is 0 Å². The Balaban J connectivity index is 2.46. The Morgan fingerprint density at radius 3 is 2.58 bits per heavy atom. The van der Waals surface area contributed by atoms with Crippen molar-refractivity contribution in [3.8, 4) is 0 Å². The molecule has 1 saturated heterocycles. The quantitative estimate of drug-likeness (QED) is 0.633. The van der Waals surface area contributed by atoms with Gasteiger partial charge >= 0.3 is 6.18 Å². The van der Waals surface area contributed by atoms with E-state index in [0.29, 0.717) is 6.54 Å². The number of rotatable bonds is 1. The summed E-state index contributed by atoms with van der Waals surface area (Å²) in [4.78, 5) is 0. The van der Waals surface area contributed by atoms with E-state index in [2.05, 4.69) is 5.32 Å². The van der Waals surface area contributed by atoms with E-state index in [1.165, 1.54) is 0 Å². The topological polar surface area (TPSA) is 32.3 Å². The monoisotopic (exact) mass is 183 g/mol. The molecule has 0 spiro atoms. The standard InChI is InChI=1S/C7H12F3NO/c8-7(9,10)5-1-2-11-6(3-5)4-12/h5-6,11-12H,1-4H2/t5-,6-/m0/s1. The van der Waals surface area contributed by atoms with E-state index >= 15 is 0 Å². The Bertz CT molecular complexity index is 148. The molecule has 0 aromatic carbocycles. The highest BCUT2D eigenvalue weighted by Crippen LogP contribution is 2.33. The number of hydrogen-bond acceptors (Lipinski definition) is 2. The van der Waals surface area contributed by atoms with E-state index < -0.39 is 12.1 Å². The van der Waals surface area contributed by atoms with Gasteiger partial charge in [0.05, 0.1) is 12.5 Å². The molecule has 2 nitrogen and oxygen atoms in total. The van der Waals surface area contributed by atoms with Gasteiger partial charge in [-0.15, -0.1) is 0 Å². The minimum atomic E-state index is -4.10. The van der Waals surface area contributed by atoms with Crippen LogP contribution in [0.15, 0.2) is 0 Å². The Morgan fingerprint density at radius 1 is 1.42 bits per heavy atom. The van der Waals surface area contributed by atoms with E-state index in [9.17, 15) is 13.2 Å². The summed E-state index contributed by atoms with van der Waals surface area (Å²) >= 11 is 0. The fourth-order valence-electron chi connectivity index (χ4n) is 1.44. The predicted molar refractivity (Wildman–Crippen MR) is 37.7 cm³/mol. The van der Waals surface area contributed by atoms with Crippen molar-refractivity contribution in [3.63, 3.8) is 0 Å². The molecule has 1 rings (SSSR count). The number of nitrogens with one attached hydrogen (secondary N) is 1. The highest BCUT2D eigenvalue weighted by atomic mass is 19.4. The first-order chi connectivity index (χ1) is 5.54. The van der Waals surface area contributed by atoms with Gasteiger partial charge in [0.15, 0.2) is 0 Å². The molecular formula is C7H12F3NO. The molecule has 0 unspecified atom stereocenters. The molecule has 1 aliphatic heterocycles. The SMILES string of the molecule is OC[C@@H]1C[C@@H](C(F)(F)F)CCN1. The summed E-state index contributed by atoms with van der Waals surface area (Å²) in [6.07, 6.45) is -3.98. The average Bonchev–Trinajstić information content (AvgIpc) is 2.03. The van der Waals surface area contributed by atoms with Crippen LogP contribution in [0.3, 0.4) is 0 Å². The van der Waals surface area contributed by atoms with Crippen molar-refractivity contribution in [2.24, 2.45) is 5.92 Å². The second kappa shape index (κ2) is 3.62. The third-order valence-electron chi connectivity index (χ3n) is 2.18. The van der Waals surface area contributed by atoms with Gasteiger partial charge in [0.1, 0.15) is 0 Å². The highest BCUT2D eigenvalue weighted by molar-refractivity contribution is 4.81. The van der Waals surface area contributed by atoms with Gasteiger partial charge in [0.25, 0.3) is 0 Å². The molecule has 1 heterocycles. The predicted octanol–water partition coefficient (Wildman–Crippen LogP) is 0.909. The first-order valence-corrected chi connectivity index (χ1v) is 3.95. The zero-order valence-corrected chi connectivity index (χ0v) is 6.56. The second-order valence-corrected chi connectivity index (χ2v) is 3.10. The minimum absolute atomic E-state index is 0. The maximum Gasteiger partial charge on any atom is 0.391 e. The Labute approximate surface area is 68.8 Å². The van der Waals surface area contributed by atoms with Crippen LogP contribution in [0, 0.1) is 5.92 Å². The second-order valence-electron chi connectivity index (χ2n) is 3.10. The van der Waals surface area contributed by atoms with Crippen molar-refractivity contribution in [1.82, 2.24) is 5.32 Å². The van der Waals surface area contributed by atoms with Gasteiger partial charge in [0, 0.05) is 6.04 Å². The third-order valence-corrected chi connectivity index (χ3v) is 2.18. The summed E-state index contributed by atoms with van der Waals surface area (Å²) in [7, 11) is 0. The van der Waals surface area contributed by atoms with Crippen molar-refractivity contribution in [2.75, 3.05) is 13.2 Å². The normalized spacial score (nSPS) is 32.0. The molecule has 0 amide bonds. The lowest BCUT2D eigenvalue weighted by atomic mass is 9.92. The lowest BCUT2D eigenvalue weighted by Gasteiger charge is -2.30. The average molecular weight is 183 g/mol. The number of piperidine rings is 1. The molecule has 0 saturated carbocycles. The molecule has 0 aromatic heterocycles. The maximum atomic E-state index is 12.1. The molecule has 0 aromatic rings. The van der Waals surface area contributed by atoms with E-state index in [-0.39, 0.29) is 25.5 Å². The molecule has 2 atom stereocenters. The van der Waals surface area contributed by atoms with Crippen LogP contribution in [0.25, 0.3) is 0 Å². The largest absolute Gasteiger partial charge is 0.395 e. The Kier molecular flexibility index (Phi) is 2.95. The third kappa shape index (κ3) is 2.35. The fourth-order valence-corrected chi connectivity index (χ4v) is 1.44. The number of halogens is 3. The minimum Gasteiger partial charge on any atom is -0.395 e. The van der Waals surface area contributed by atoms with Gasteiger partial charge in [-0.25, -0.2) is 0 Å². The van der Waals surface area contributed by atoms with Crippen molar-refractivity contribution in [2.45, 2.75) is 25.1 Å². The van der Waals surface area contributed by atoms with Crippen molar-refractivity contribution >= 4 is 0 Å². The van der Waals surface area contributed by atoms with Gasteiger partial charge in [0.2, 0.25) is 0 Å². The van der Waals surface area contributed by atoms with Crippen molar-refractivity contribution in [3.05, 3.63) is 0 Å². The van der Waals surface area contributed by atoms with Crippen LogP contribution >= 0.6 is 0 Å². The summed E-state index contributed by atoms with van der Waals surface area (Å²) in [5.41, 5.74) is 0. The zero-order valence-electron chi connectivity index (χ0n) is 6.56. The number of hydrogen-bond donors (Lipinski definition) is 2. The summed E-state index contributed by atoms with van der Waals surface area (Å²) in [5.74, 6) is -1.24. The van der Waals surface area contributed by atoms with Crippen LogP contribution in [0.4, 0.5) is 13.2 Å². The smallest absolute Gasteiger partial charge is 0.391 e. The molecular weight excluding hydrogens is 171 g/mol. The van der Waals surface area contributed by atoms with Gasteiger partial charge in [-0.05, 0) is 19.4 Å². The lowest BCUT2D eigenvalue weighted by molar-refractivity contribution is -0.183.